The molecular weight excluding hydrogens is 909 g/mol. The Morgan fingerprint density at radius 1 is 0.270 bits per heavy atom. The second-order valence-electron chi connectivity index (χ2n) is 20.4. The Morgan fingerprint density at radius 3 is 1.16 bits per heavy atom. The van der Waals surface area contributed by atoms with E-state index in [1.807, 2.05) is 24.3 Å². The van der Waals surface area contributed by atoms with Crippen molar-refractivity contribution < 1.29 is 17.7 Å². The van der Waals surface area contributed by atoms with Gasteiger partial charge in [0.25, 0.3) is 0 Å². The summed E-state index contributed by atoms with van der Waals surface area (Å²) in [7, 11) is 0. The number of nitrogens with zero attached hydrogens (tertiary/aromatic N) is 2. The van der Waals surface area contributed by atoms with Gasteiger partial charge in [0.1, 0.15) is 44.7 Å². The highest BCUT2D eigenvalue weighted by Gasteiger charge is 2.26. The Kier molecular flexibility index (Phi) is 9.24. The smallest absolute Gasteiger partial charge is 0.147 e. The molecule has 0 bridgehead atoms. The number of rotatable bonds is 8. The fourth-order valence-electron chi connectivity index (χ4n) is 11.7. The van der Waals surface area contributed by atoms with Gasteiger partial charge in [-0.1, -0.05) is 137 Å². The molecule has 15 aromatic rings. The summed E-state index contributed by atoms with van der Waals surface area (Å²) in [5, 5.41) is 12.8. The van der Waals surface area contributed by atoms with Crippen LogP contribution in [-0.2, 0) is 0 Å². The molecule has 0 spiro atoms. The maximum absolute atomic E-state index is 7.31. The zero-order valence-corrected chi connectivity index (χ0v) is 41.3. The molecule has 6 heteroatoms. The number of para-hydroxylation sites is 2. The molecule has 0 atom stereocenters. The second kappa shape index (κ2) is 16.1. The predicted octanol–water partition coefficient (Wildman–Crippen LogP) is 20.8. The van der Waals surface area contributed by atoms with E-state index in [0.29, 0.717) is 11.8 Å². The van der Waals surface area contributed by atoms with Crippen LogP contribution in [0.2, 0.25) is 0 Å². The SMILES string of the molecule is CC(C)c1ccc(N(c2ccc3oc4ccccc4c3c2)c2cc3oc4c(ccc5oc6cc(N(c7ccc(C(C)C)cc7)c7ccc8oc9ccccc9c8c7)c7ccccc7c6c54)c3c3ccccc23)cc1. The van der Waals surface area contributed by atoms with Crippen molar-refractivity contribution >= 4 is 143 Å². The van der Waals surface area contributed by atoms with Crippen LogP contribution in [0.1, 0.15) is 50.7 Å². The van der Waals surface area contributed by atoms with Crippen LogP contribution in [0.5, 0.6) is 0 Å². The maximum atomic E-state index is 7.31. The highest BCUT2D eigenvalue weighted by Crippen LogP contribution is 2.51. The second-order valence-corrected chi connectivity index (χ2v) is 20.4. The van der Waals surface area contributed by atoms with E-state index in [1.165, 1.54) is 11.1 Å². The normalized spacial score (nSPS) is 12.3. The lowest BCUT2D eigenvalue weighted by molar-refractivity contribution is 0.663. The largest absolute Gasteiger partial charge is 0.456 e. The number of anilines is 6. The van der Waals surface area contributed by atoms with Crippen LogP contribution < -0.4 is 9.80 Å². The number of hydrogen-bond donors (Lipinski definition) is 0. The summed E-state index contributed by atoms with van der Waals surface area (Å²) >= 11 is 0. The zero-order valence-electron chi connectivity index (χ0n) is 41.3. The fourth-order valence-corrected chi connectivity index (χ4v) is 11.7. The van der Waals surface area contributed by atoms with Gasteiger partial charge in [0.15, 0.2) is 0 Å². The minimum absolute atomic E-state index is 0.401. The van der Waals surface area contributed by atoms with Crippen LogP contribution in [0.4, 0.5) is 34.1 Å². The lowest BCUT2D eigenvalue weighted by atomic mass is 9.97. The molecule has 4 heterocycles. The summed E-state index contributed by atoms with van der Waals surface area (Å²) in [5.41, 5.74) is 15.4. The van der Waals surface area contributed by atoms with Crippen molar-refractivity contribution in [3.63, 3.8) is 0 Å². The van der Waals surface area contributed by atoms with Gasteiger partial charge in [-0.15, -0.1) is 0 Å². The van der Waals surface area contributed by atoms with E-state index in [1.54, 1.807) is 0 Å². The van der Waals surface area contributed by atoms with Crippen molar-refractivity contribution in [1.29, 1.82) is 0 Å². The first kappa shape index (κ1) is 42.4. The average Bonchev–Trinajstić information content (AvgIpc) is 4.22. The van der Waals surface area contributed by atoms with Gasteiger partial charge in [0.05, 0.1) is 16.8 Å². The number of benzene rings is 11. The van der Waals surface area contributed by atoms with Crippen molar-refractivity contribution in [1.82, 2.24) is 0 Å². The van der Waals surface area contributed by atoms with Crippen molar-refractivity contribution in [2.45, 2.75) is 39.5 Å². The Hall–Kier alpha value is -9.26. The first-order valence-corrected chi connectivity index (χ1v) is 25.6. The third kappa shape index (κ3) is 6.37. The lowest BCUT2D eigenvalue weighted by Crippen LogP contribution is -2.10. The highest BCUT2D eigenvalue weighted by atomic mass is 16.3. The van der Waals surface area contributed by atoms with E-state index in [-0.39, 0.29) is 0 Å². The Balaban J connectivity index is 0.965. The molecule has 4 aromatic heterocycles. The van der Waals surface area contributed by atoms with Crippen LogP contribution in [0, 0.1) is 0 Å². The Bertz CT molecular complexity index is 4740. The van der Waals surface area contributed by atoms with Crippen molar-refractivity contribution in [3.05, 3.63) is 217 Å². The molecule has 0 saturated carbocycles. The van der Waals surface area contributed by atoms with Gasteiger partial charge in [0.2, 0.25) is 0 Å². The van der Waals surface area contributed by atoms with Gasteiger partial charge in [-0.05, 0) is 119 Å². The average molecular weight is 957 g/mol. The summed E-state index contributed by atoms with van der Waals surface area (Å²) in [6, 6.07) is 73.7. The highest BCUT2D eigenvalue weighted by molar-refractivity contribution is 6.32. The molecule has 0 saturated heterocycles. The molecule has 11 aromatic carbocycles. The minimum atomic E-state index is 0.401. The number of fused-ring (bicyclic) bond motifs is 17. The molecule has 15 rings (SSSR count). The van der Waals surface area contributed by atoms with Crippen LogP contribution >= 0.6 is 0 Å². The van der Waals surface area contributed by atoms with Crippen molar-refractivity contribution in [2.24, 2.45) is 0 Å². The van der Waals surface area contributed by atoms with Gasteiger partial charge in [-0.3, -0.25) is 0 Å². The fraction of sp³-hybridized carbons (Fsp3) is 0.0882. The molecule has 74 heavy (non-hydrogen) atoms. The standard InChI is InChI=1S/C68H48N2O4/c1-39(2)41-21-25-43(26-22-41)69(45-29-32-60-54(35-45)49-15-9-11-19-58(49)71-60)56-37-63-65(51-17-7-5-13-47(51)56)53-31-34-62-67(68(53)74-63)66-52-18-8-6-14-48(52)57(38-64(66)73-62)70(44-27-23-42(24-28-44)40(3)4)46-30-33-61-55(36-46)50-16-10-12-20-59(50)72-61/h5-40H,1-4H3. The summed E-state index contributed by atoms with van der Waals surface area (Å²) < 4.78 is 27.0. The van der Waals surface area contributed by atoms with Crippen LogP contribution in [-0.4, -0.2) is 0 Å². The third-order valence-electron chi connectivity index (χ3n) is 15.4. The van der Waals surface area contributed by atoms with Gasteiger partial charge in [-0.2, -0.15) is 0 Å². The summed E-state index contributed by atoms with van der Waals surface area (Å²) in [6.07, 6.45) is 0. The quantitative estimate of drug-likeness (QED) is 0.151. The van der Waals surface area contributed by atoms with E-state index < -0.39 is 0 Å². The number of furan rings is 4. The molecule has 0 aliphatic rings. The molecule has 0 fully saturated rings. The van der Waals surface area contributed by atoms with Crippen molar-refractivity contribution in [2.75, 3.05) is 9.80 Å². The molecule has 0 radical (unpaired) electrons. The summed E-state index contributed by atoms with van der Waals surface area (Å²) in [4.78, 5) is 4.73. The van der Waals surface area contributed by atoms with Gasteiger partial charge in [-0.25, -0.2) is 0 Å². The van der Waals surface area contributed by atoms with E-state index >= 15 is 0 Å². The van der Waals surface area contributed by atoms with E-state index in [0.717, 1.165) is 143 Å². The monoisotopic (exact) mass is 956 g/mol. The van der Waals surface area contributed by atoms with Crippen LogP contribution in [0.25, 0.3) is 109 Å². The Labute approximate surface area is 425 Å². The molecule has 0 aliphatic carbocycles. The molecule has 6 nitrogen and oxygen atoms in total. The molecule has 354 valence electrons. The molecular formula is C68H48N2O4. The van der Waals surface area contributed by atoms with E-state index in [4.69, 9.17) is 17.7 Å². The zero-order chi connectivity index (χ0) is 49.3. The lowest BCUT2D eigenvalue weighted by Gasteiger charge is -2.27. The predicted molar refractivity (Wildman–Crippen MR) is 308 cm³/mol. The van der Waals surface area contributed by atoms with Gasteiger partial charge < -0.3 is 27.5 Å². The number of hydrogen-bond acceptors (Lipinski definition) is 6. The topological polar surface area (TPSA) is 59.0 Å². The van der Waals surface area contributed by atoms with E-state index in [2.05, 4.69) is 219 Å². The van der Waals surface area contributed by atoms with Crippen LogP contribution in [0.15, 0.2) is 224 Å². The molecule has 0 unspecified atom stereocenters. The van der Waals surface area contributed by atoms with E-state index in [9.17, 15) is 0 Å². The molecule has 0 aliphatic heterocycles. The Morgan fingerprint density at radius 2 is 0.662 bits per heavy atom. The minimum Gasteiger partial charge on any atom is -0.456 e. The summed E-state index contributed by atoms with van der Waals surface area (Å²) in [6.45, 7) is 8.95. The molecule has 0 N–H and O–H groups in total. The first-order valence-electron chi connectivity index (χ1n) is 25.6. The molecule has 0 amide bonds. The van der Waals surface area contributed by atoms with Gasteiger partial charge >= 0.3 is 0 Å². The third-order valence-corrected chi connectivity index (χ3v) is 15.4. The maximum Gasteiger partial charge on any atom is 0.147 e. The van der Waals surface area contributed by atoms with Crippen molar-refractivity contribution in [3.8, 4) is 0 Å². The first-order chi connectivity index (χ1) is 36.3. The summed E-state index contributed by atoms with van der Waals surface area (Å²) in [5.74, 6) is 0.802. The van der Waals surface area contributed by atoms with Gasteiger partial charge in [0, 0.05) is 83.4 Å². The van der Waals surface area contributed by atoms with Crippen LogP contribution in [0.3, 0.4) is 0 Å².